The van der Waals surface area contributed by atoms with Gasteiger partial charge in [-0.1, -0.05) is 0 Å². The number of nitrogens with one attached hydrogen (secondary N) is 1. The van der Waals surface area contributed by atoms with Gasteiger partial charge in [-0.15, -0.1) is 12.4 Å². The van der Waals surface area contributed by atoms with Crippen LogP contribution in [0.1, 0.15) is 26.7 Å². The van der Waals surface area contributed by atoms with E-state index in [-0.39, 0.29) is 36.7 Å². The van der Waals surface area contributed by atoms with E-state index in [0.29, 0.717) is 13.2 Å². The van der Waals surface area contributed by atoms with E-state index < -0.39 is 11.5 Å². The Labute approximate surface area is 126 Å². The third-order valence-electron chi connectivity index (χ3n) is 3.52. The van der Waals surface area contributed by atoms with Gasteiger partial charge in [-0.2, -0.15) is 0 Å². The molecule has 0 bridgehead atoms. The van der Waals surface area contributed by atoms with Crippen LogP contribution in [0.2, 0.25) is 0 Å². The summed E-state index contributed by atoms with van der Waals surface area (Å²) in [5.41, 5.74) is 5.20. The Bertz CT molecular complexity index is 330. The van der Waals surface area contributed by atoms with Crippen LogP contribution in [0.3, 0.4) is 0 Å². The monoisotopic (exact) mass is 308 g/mol. The minimum absolute atomic E-state index is 0. The summed E-state index contributed by atoms with van der Waals surface area (Å²) in [6.45, 7) is 4.96. The highest BCUT2D eigenvalue weighted by Gasteiger charge is 2.31. The molecule has 1 atom stereocenters. The van der Waals surface area contributed by atoms with Crippen molar-refractivity contribution in [3.8, 4) is 0 Å². The summed E-state index contributed by atoms with van der Waals surface area (Å²) in [7, 11) is 1.33. The van der Waals surface area contributed by atoms with Crippen LogP contribution in [-0.4, -0.2) is 44.8 Å². The van der Waals surface area contributed by atoms with Gasteiger partial charge in [0.15, 0.2) is 0 Å². The number of rotatable bonds is 5. The molecule has 0 saturated carbocycles. The minimum atomic E-state index is -0.750. The first-order valence-corrected chi connectivity index (χ1v) is 6.58. The van der Waals surface area contributed by atoms with E-state index in [1.54, 1.807) is 13.8 Å². The molecule has 1 saturated heterocycles. The first-order chi connectivity index (χ1) is 8.88. The van der Waals surface area contributed by atoms with E-state index in [0.717, 1.165) is 12.8 Å². The minimum Gasteiger partial charge on any atom is -0.469 e. The van der Waals surface area contributed by atoms with Crippen LogP contribution in [0.15, 0.2) is 0 Å². The Balaban J connectivity index is 0.00000361. The summed E-state index contributed by atoms with van der Waals surface area (Å²) in [6, 6.07) is -0.544. The Hall–Kier alpha value is -0.850. The average Bonchev–Trinajstić information content (AvgIpc) is 2.43. The number of hydrogen-bond acceptors (Lipinski definition) is 5. The number of carbonyl (C=O) groups is 2. The van der Waals surface area contributed by atoms with Crippen molar-refractivity contribution in [2.45, 2.75) is 32.7 Å². The molecule has 0 aliphatic carbocycles. The summed E-state index contributed by atoms with van der Waals surface area (Å²) in [5.74, 6) is -0.425. The zero-order chi connectivity index (χ0) is 14.5. The van der Waals surface area contributed by atoms with Gasteiger partial charge < -0.3 is 20.5 Å². The molecule has 6 nitrogen and oxygen atoms in total. The summed E-state index contributed by atoms with van der Waals surface area (Å²) >= 11 is 0. The van der Waals surface area contributed by atoms with Gasteiger partial charge in [0, 0.05) is 19.8 Å². The van der Waals surface area contributed by atoms with Crippen molar-refractivity contribution in [3.05, 3.63) is 0 Å². The van der Waals surface area contributed by atoms with Gasteiger partial charge in [-0.3, -0.25) is 9.59 Å². The molecule has 1 unspecified atom stereocenters. The van der Waals surface area contributed by atoms with E-state index in [9.17, 15) is 9.59 Å². The van der Waals surface area contributed by atoms with Crippen molar-refractivity contribution >= 4 is 24.3 Å². The SMILES string of the molecule is COC(=O)C(C)(C)CNC(=O)C(N)C1CCOCC1.Cl. The molecule has 0 aromatic carbocycles. The lowest BCUT2D eigenvalue weighted by molar-refractivity contribution is -0.150. The molecular weight excluding hydrogens is 284 g/mol. The van der Waals surface area contributed by atoms with Crippen molar-refractivity contribution in [2.24, 2.45) is 17.1 Å². The summed E-state index contributed by atoms with van der Waals surface area (Å²) in [5, 5.41) is 2.73. The molecule has 1 fully saturated rings. The normalized spacial score (nSPS) is 17.8. The van der Waals surface area contributed by atoms with Gasteiger partial charge in [0.2, 0.25) is 5.91 Å². The number of amides is 1. The molecule has 0 spiro atoms. The van der Waals surface area contributed by atoms with E-state index in [4.69, 9.17) is 10.5 Å². The third kappa shape index (κ3) is 5.26. The van der Waals surface area contributed by atoms with Gasteiger partial charge >= 0.3 is 5.97 Å². The zero-order valence-electron chi connectivity index (χ0n) is 12.3. The highest BCUT2D eigenvalue weighted by atomic mass is 35.5. The molecule has 20 heavy (non-hydrogen) atoms. The zero-order valence-corrected chi connectivity index (χ0v) is 13.1. The topological polar surface area (TPSA) is 90.7 Å². The van der Waals surface area contributed by atoms with Crippen molar-refractivity contribution in [1.82, 2.24) is 5.32 Å². The van der Waals surface area contributed by atoms with Gasteiger partial charge in [0.25, 0.3) is 0 Å². The summed E-state index contributed by atoms with van der Waals surface area (Å²) in [4.78, 5) is 23.5. The molecule has 3 N–H and O–H groups in total. The van der Waals surface area contributed by atoms with Gasteiger partial charge in [0.05, 0.1) is 18.6 Å². The predicted octanol–water partition coefficient (Wildman–Crippen LogP) is 0.478. The highest BCUT2D eigenvalue weighted by molar-refractivity contribution is 5.85. The Morgan fingerprint density at radius 3 is 2.45 bits per heavy atom. The van der Waals surface area contributed by atoms with Crippen LogP contribution in [0, 0.1) is 11.3 Å². The van der Waals surface area contributed by atoms with Crippen molar-refractivity contribution in [2.75, 3.05) is 26.9 Å². The second-order valence-electron chi connectivity index (χ2n) is 5.57. The fraction of sp³-hybridized carbons (Fsp3) is 0.846. The van der Waals surface area contributed by atoms with Crippen LogP contribution < -0.4 is 11.1 Å². The molecule has 1 aliphatic heterocycles. The van der Waals surface area contributed by atoms with Crippen molar-refractivity contribution in [1.29, 1.82) is 0 Å². The van der Waals surface area contributed by atoms with Gasteiger partial charge in [-0.05, 0) is 32.6 Å². The number of methoxy groups -OCH3 is 1. The quantitative estimate of drug-likeness (QED) is 0.721. The fourth-order valence-electron chi connectivity index (χ4n) is 2.06. The van der Waals surface area contributed by atoms with Crippen LogP contribution in [0.25, 0.3) is 0 Å². The first-order valence-electron chi connectivity index (χ1n) is 6.58. The summed E-state index contributed by atoms with van der Waals surface area (Å²) < 4.78 is 9.93. The second kappa shape index (κ2) is 8.44. The molecule has 0 aromatic heterocycles. The lowest BCUT2D eigenvalue weighted by Gasteiger charge is -2.28. The molecule has 1 heterocycles. The smallest absolute Gasteiger partial charge is 0.313 e. The molecular formula is C13H25ClN2O4. The maximum absolute atomic E-state index is 12.0. The molecule has 7 heteroatoms. The highest BCUT2D eigenvalue weighted by Crippen LogP contribution is 2.19. The van der Waals surface area contributed by atoms with E-state index in [1.165, 1.54) is 7.11 Å². The summed E-state index contributed by atoms with van der Waals surface area (Å²) in [6.07, 6.45) is 1.60. The van der Waals surface area contributed by atoms with Crippen molar-refractivity contribution < 1.29 is 19.1 Å². The number of hydrogen-bond donors (Lipinski definition) is 2. The Morgan fingerprint density at radius 1 is 1.40 bits per heavy atom. The standard InChI is InChI=1S/C13H24N2O4.ClH/c1-13(2,12(17)18-3)8-15-11(16)10(14)9-4-6-19-7-5-9;/h9-10H,4-8,14H2,1-3H3,(H,15,16);1H. The van der Waals surface area contributed by atoms with Gasteiger partial charge in [-0.25, -0.2) is 0 Å². The number of esters is 1. The average molecular weight is 309 g/mol. The number of nitrogens with two attached hydrogens (primary N) is 1. The number of halogens is 1. The van der Waals surface area contributed by atoms with E-state index in [1.807, 2.05) is 0 Å². The Kier molecular flexibility index (Phi) is 8.08. The van der Waals surface area contributed by atoms with E-state index >= 15 is 0 Å². The van der Waals surface area contributed by atoms with Gasteiger partial charge in [0.1, 0.15) is 0 Å². The molecule has 1 aliphatic rings. The first kappa shape index (κ1) is 19.1. The second-order valence-corrected chi connectivity index (χ2v) is 5.57. The lowest BCUT2D eigenvalue weighted by Crippen LogP contribution is -2.50. The molecule has 118 valence electrons. The van der Waals surface area contributed by atoms with Crippen molar-refractivity contribution in [3.63, 3.8) is 0 Å². The molecule has 1 amide bonds. The van der Waals surface area contributed by atoms with Crippen LogP contribution >= 0.6 is 12.4 Å². The molecule has 0 aromatic rings. The third-order valence-corrected chi connectivity index (χ3v) is 3.52. The predicted molar refractivity (Wildman–Crippen MR) is 77.6 cm³/mol. The number of carbonyl (C=O) groups excluding carboxylic acids is 2. The molecule has 0 radical (unpaired) electrons. The van der Waals surface area contributed by atoms with Crippen LogP contribution in [0.5, 0.6) is 0 Å². The molecule has 1 rings (SSSR count). The Morgan fingerprint density at radius 2 is 1.95 bits per heavy atom. The van der Waals surface area contributed by atoms with Crippen LogP contribution in [0.4, 0.5) is 0 Å². The maximum atomic E-state index is 12.0. The van der Waals surface area contributed by atoms with E-state index in [2.05, 4.69) is 10.1 Å². The lowest BCUT2D eigenvalue weighted by atomic mass is 9.90. The maximum Gasteiger partial charge on any atom is 0.313 e. The largest absolute Gasteiger partial charge is 0.469 e. The van der Waals surface area contributed by atoms with Crippen LogP contribution in [-0.2, 0) is 19.1 Å². The number of ether oxygens (including phenoxy) is 2. The fourth-order valence-corrected chi connectivity index (χ4v) is 2.06.